The average Bonchev–Trinajstić information content (AvgIpc) is 2.83. The SMILES string of the molecule is Cc1nc(C(=O)NCC(C)c2c(C)noc2C)ccc1C(=O)O. The molecular formula is C16H19N3O4. The second-order valence-electron chi connectivity index (χ2n) is 5.48. The van der Waals surface area contributed by atoms with Gasteiger partial charge in [0.25, 0.3) is 5.91 Å². The Morgan fingerprint density at radius 3 is 2.48 bits per heavy atom. The molecule has 0 aromatic carbocycles. The van der Waals surface area contributed by atoms with Crippen molar-refractivity contribution in [3.8, 4) is 0 Å². The van der Waals surface area contributed by atoms with Crippen LogP contribution in [0.25, 0.3) is 0 Å². The normalized spacial score (nSPS) is 12.0. The fourth-order valence-corrected chi connectivity index (χ4v) is 2.55. The standard InChI is InChI=1S/C16H19N3O4/c1-8(14-10(3)19-23-11(14)4)7-17-15(20)13-6-5-12(16(21)22)9(2)18-13/h5-6,8H,7H2,1-4H3,(H,17,20)(H,21,22). The lowest BCUT2D eigenvalue weighted by molar-refractivity contribution is 0.0694. The Hall–Kier alpha value is -2.70. The molecule has 1 amide bonds. The van der Waals surface area contributed by atoms with E-state index < -0.39 is 5.97 Å². The minimum absolute atomic E-state index is 0.0459. The number of aromatic nitrogens is 2. The molecule has 0 spiro atoms. The van der Waals surface area contributed by atoms with Crippen molar-refractivity contribution in [2.45, 2.75) is 33.6 Å². The zero-order valence-electron chi connectivity index (χ0n) is 13.5. The highest BCUT2D eigenvalue weighted by Gasteiger charge is 2.18. The fourth-order valence-electron chi connectivity index (χ4n) is 2.55. The lowest BCUT2D eigenvalue weighted by Crippen LogP contribution is -2.28. The summed E-state index contributed by atoms with van der Waals surface area (Å²) in [6.45, 7) is 7.64. The third-order valence-corrected chi connectivity index (χ3v) is 3.70. The first-order chi connectivity index (χ1) is 10.8. The Morgan fingerprint density at radius 2 is 1.96 bits per heavy atom. The van der Waals surface area contributed by atoms with Gasteiger partial charge in [-0.15, -0.1) is 0 Å². The summed E-state index contributed by atoms with van der Waals surface area (Å²) < 4.78 is 5.13. The van der Waals surface area contributed by atoms with Crippen LogP contribution in [-0.4, -0.2) is 33.7 Å². The van der Waals surface area contributed by atoms with Gasteiger partial charge in [-0.1, -0.05) is 12.1 Å². The quantitative estimate of drug-likeness (QED) is 0.876. The Balaban J connectivity index is 2.05. The number of carboxylic acid groups (broad SMARTS) is 1. The molecule has 23 heavy (non-hydrogen) atoms. The number of hydrogen-bond donors (Lipinski definition) is 2. The van der Waals surface area contributed by atoms with Gasteiger partial charge in [-0.25, -0.2) is 9.78 Å². The maximum absolute atomic E-state index is 12.2. The van der Waals surface area contributed by atoms with E-state index in [1.165, 1.54) is 12.1 Å². The van der Waals surface area contributed by atoms with Crippen molar-refractivity contribution in [3.63, 3.8) is 0 Å². The van der Waals surface area contributed by atoms with Gasteiger partial charge in [0.05, 0.1) is 17.0 Å². The third kappa shape index (κ3) is 3.56. The summed E-state index contributed by atoms with van der Waals surface area (Å²) >= 11 is 0. The minimum Gasteiger partial charge on any atom is -0.478 e. The summed E-state index contributed by atoms with van der Waals surface area (Å²) in [7, 11) is 0. The molecule has 0 aliphatic carbocycles. The molecule has 2 heterocycles. The van der Waals surface area contributed by atoms with Crippen molar-refractivity contribution >= 4 is 11.9 Å². The molecule has 0 aliphatic heterocycles. The van der Waals surface area contributed by atoms with Gasteiger partial charge in [-0.3, -0.25) is 4.79 Å². The van der Waals surface area contributed by atoms with Crippen LogP contribution in [0.15, 0.2) is 16.7 Å². The molecule has 0 bridgehead atoms. The average molecular weight is 317 g/mol. The van der Waals surface area contributed by atoms with Crippen LogP contribution in [0.3, 0.4) is 0 Å². The van der Waals surface area contributed by atoms with Gasteiger partial charge in [0.1, 0.15) is 11.5 Å². The van der Waals surface area contributed by atoms with Crippen LogP contribution in [0.4, 0.5) is 0 Å². The highest BCUT2D eigenvalue weighted by Crippen LogP contribution is 2.22. The van der Waals surface area contributed by atoms with Gasteiger partial charge in [0.2, 0.25) is 0 Å². The van der Waals surface area contributed by atoms with Gasteiger partial charge in [0.15, 0.2) is 0 Å². The number of carboxylic acids is 1. The number of carbonyl (C=O) groups is 2. The van der Waals surface area contributed by atoms with Crippen LogP contribution in [0, 0.1) is 20.8 Å². The summed E-state index contributed by atoms with van der Waals surface area (Å²) in [5, 5.41) is 15.7. The Labute approximate surface area is 133 Å². The maximum atomic E-state index is 12.2. The van der Waals surface area contributed by atoms with Gasteiger partial charge < -0.3 is 14.9 Å². The zero-order valence-corrected chi connectivity index (χ0v) is 13.5. The van der Waals surface area contributed by atoms with Crippen molar-refractivity contribution < 1.29 is 19.2 Å². The molecule has 7 heteroatoms. The maximum Gasteiger partial charge on any atom is 0.337 e. The van der Waals surface area contributed by atoms with Crippen molar-refractivity contribution in [1.29, 1.82) is 0 Å². The van der Waals surface area contributed by atoms with Gasteiger partial charge >= 0.3 is 5.97 Å². The molecule has 2 aromatic rings. The van der Waals surface area contributed by atoms with Crippen molar-refractivity contribution in [2.24, 2.45) is 0 Å². The molecule has 1 unspecified atom stereocenters. The second-order valence-corrected chi connectivity index (χ2v) is 5.48. The monoisotopic (exact) mass is 317 g/mol. The van der Waals surface area contributed by atoms with Crippen LogP contribution < -0.4 is 5.32 Å². The van der Waals surface area contributed by atoms with E-state index in [1.807, 2.05) is 20.8 Å². The van der Waals surface area contributed by atoms with Crippen LogP contribution in [0.5, 0.6) is 0 Å². The molecule has 0 fully saturated rings. The number of nitrogens with zero attached hydrogens (tertiary/aromatic N) is 2. The Bertz CT molecular complexity index is 732. The van der Waals surface area contributed by atoms with E-state index in [0.29, 0.717) is 12.2 Å². The number of aromatic carboxylic acids is 1. The van der Waals surface area contributed by atoms with Gasteiger partial charge in [-0.2, -0.15) is 0 Å². The van der Waals surface area contributed by atoms with Crippen molar-refractivity contribution in [1.82, 2.24) is 15.5 Å². The number of pyridine rings is 1. The van der Waals surface area contributed by atoms with Crippen molar-refractivity contribution in [3.05, 3.63) is 46.1 Å². The first-order valence-corrected chi connectivity index (χ1v) is 7.23. The Kier molecular flexibility index (Phi) is 4.78. The van der Waals surface area contributed by atoms with Crippen LogP contribution in [0.1, 0.15) is 56.4 Å². The van der Waals surface area contributed by atoms with E-state index in [4.69, 9.17) is 9.63 Å². The summed E-state index contributed by atoms with van der Waals surface area (Å²) in [4.78, 5) is 27.2. The molecular weight excluding hydrogens is 298 g/mol. The van der Waals surface area contributed by atoms with E-state index in [2.05, 4.69) is 15.5 Å². The van der Waals surface area contributed by atoms with Gasteiger partial charge in [-0.05, 0) is 32.9 Å². The van der Waals surface area contributed by atoms with Crippen molar-refractivity contribution in [2.75, 3.05) is 6.54 Å². The first-order valence-electron chi connectivity index (χ1n) is 7.23. The van der Waals surface area contributed by atoms with E-state index in [9.17, 15) is 9.59 Å². The molecule has 1 atom stereocenters. The van der Waals surface area contributed by atoms with E-state index in [-0.39, 0.29) is 23.1 Å². The van der Waals surface area contributed by atoms with E-state index >= 15 is 0 Å². The second kappa shape index (κ2) is 6.60. The molecule has 122 valence electrons. The summed E-state index contributed by atoms with van der Waals surface area (Å²) in [5.74, 6) is -0.619. The number of hydrogen-bond acceptors (Lipinski definition) is 5. The summed E-state index contributed by atoms with van der Waals surface area (Å²) in [6, 6.07) is 2.80. The first kappa shape index (κ1) is 16.7. The van der Waals surface area contributed by atoms with E-state index in [0.717, 1.165) is 17.0 Å². The minimum atomic E-state index is -1.06. The lowest BCUT2D eigenvalue weighted by atomic mass is 9.99. The van der Waals surface area contributed by atoms with Gasteiger partial charge in [0, 0.05) is 18.0 Å². The molecule has 0 radical (unpaired) electrons. The largest absolute Gasteiger partial charge is 0.478 e. The zero-order chi connectivity index (χ0) is 17.1. The number of carbonyl (C=O) groups excluding carboxylic acids is 1. The summed E-state index contributed by atoms with van der Waals surface area (Å²) in [6.07, 6.45) is 0. The number of aryl methyl sites for hydroxylation is 3. The fraction of sp³-hybridized carbons (Fsp3) is 0.375. The molecule has 0 saturated carbocycles. The smallest absolute Gasteiger partial charge is 0.337 e. The lowest BCUT2D eigenvalue weighted by Gasteiger charge is -2.12. The highest BCUT2D eigenvalue weighted by atomic mass is 16.5. The summed E-state index contributed by atoms with van der Waals surface area (Å²) in [5.41, 5.74) is 2.38. The molecule has 0 aliphatic rings. The molecule has 2 aromatic heterocycles. The molecule has 2 rings (SSSR count). The van der Waals surface area contributed by atoms with Crippen LogP contribution in [-0.2, 0) is 0 Å². The van der Waals surface area contributed by atoms with Crippen LogP contribution in [0.2, 0.25) is 0 Å². The highest BCUT2D eigenvalue weighted by molar-refractivity contribution is 5.94. The molecule has 0 saturated heterocycles. The topological polar surface area (TPSA) is 105 Å². The molecule has 7 nitrogen and oxygen atoms in total. The Morgan fingerprint density at radius 1 is 1.26 bits per heavy atom. The van der Waals surface area contributed by atoms with E-state index in [1.54, 1.807) is 6.92 Å². The number of amides is 1. The predicted octanol–water partition coefficient (Wildman–Crippen LogP) is 2.23. The van der Waals surface area contributed by atoms with Crippen LogP contribution >= 0.6 is 0 Å². The predicted molar refractivity (Wildman–Crippen MR) is 82.7 cm³/mol. The molecule has 2 N–H and O–H groups in total. The number of nitrogens with one attached hydrogen (secondary N) is 1. The third-order valence-electron chi connectivity index (χ3n) is 3.70. The number of rotatable bonds is 5.